The van der Waals surface area contributed by atoms with Crippen molar-refractivity contribution in [3.8, 4) is 11.3 Å². The lowest BCUT2D eigenvalue weighted by molar-refractivity contribution is 0.0526. The molecule has 2 unspecified atom stereocenters. The van der Waals surface area contributed by atoms with Crippen molar-refractivity contribution in [2.45, 2.75) is 63.7 Å². The van der Waals surface area contributed by atoms with Crippen LogP contribution < -0.4 is 10.6 Å². The second-order valence-electron chi connectivity index (χ2n) is 8.13. The topological polar surface area (TPSA) is 65.7 Å². The Kier molecular flexibility index (Phi) is 5.67. The van der Waals surface area contributed by atoms with Crippen LogP contribution in [0.4, 0.5) is 0 Å². The molecule has 2 bridgehead atoms. The number of guanidine groups is 1. The molecule has 2 atom stereocenters. The van der Waals surface area contributed by atoms with Crippen LogP contribution in [-0.4, -0.2) is 48.1 Å². The molecular weight excluding hydrogens is 350 g/mol. The zero-order valence-electron chi connectivity index (χ0n) is 17.1. The number of aromatic nitrogens is 1. The average Bonchev–Trinajstić information content (AvgIpc) is 3.15. The fraction of sp³-hybridized carbons (Fsp3) is 0.545. The summed E-state index contributed by atoms with van der Waals surface area (Å²) < 4.78 is 5.91. The van der Waals surface area contributed by atoms with E-state index in [0.717, 1.165) is 17.3 Å². The molecule has 0 radical (unpaired) electrons. The van der Waals surface area contributed by atoms with Gasteiger partial charge in [0.15, 0.2) is 11.7 Å². The van der Waals surface area contributed by atoms with Gasteiger partial charge in [0.1, 0.15) is 0 Å². The Morgan fingerprint density at radius 2 is 1.93 bits per heavy atom. The van der Waals surface area contributed by atoms with E-state index in [0.29, 0.717) is 30.6 Å². The summed E-state index contributed by atoms with van der Waals surface area (Å²) in [6, 6.07) is 10.2. The third kappa shape index (κ3) is 4.22. The van der Waals surface area contributed by atoms with Gasteiger partial charge >= 0.3 is 0 Å². The number of benzene rings is 1. The van der Waals surface area contributed by atoms with Crippen LogP contribution >= 0.6 is 0 Å². The highest BCUT2D eigenvalue weighted by atomic mass is 16.4. The van der Waals surface area contributed by atoms with E-state index in [9.17, 15) is 0 Å². The van der Waals surface area contributed by atoms with Crippen LogP contribution in [0.2, 0.25) is 0 Å². The summed E-state index contributed by atoms with van der Waals surface area (Å²) in [6.45, 7) is 2.60. The maximum absolute atomic E-state index is 5.91. The highest BCUT2D eigenvalue weighted by Crippen LogP contribution is 2.32. The highest BCUT2D eigenvalue weighted by Gasteiger charge is 2.36. The van der Waals surface area contributed by atoms with Crippen molar-refractivity contribution in [2.75, 3.05) is 14.1 Å². The molecule has 2 fully saturated rings. The van der Waals surface area contributed by atoms with Gasteiger partial charge in [0.2, 0.25) is 5.89 Å². The summed E-state index contributed by atoms with van der Waals surface area (Å²) in [5, 5.41) is 6.97. The van der Waals surface area contributed by atoms with Gasteiger partial charge in [-0.05, 0) is 39.7 Å². The summed E-state index contributed by atoms with van der Waals surface area (Å²) >= 11 is 0. The number of nitrogens with one attached hydrogen (secondary N) is 2. The molecule has 1 aromatic heterocycles. The molecule has 2 aromatic rings. The van der Waals surface area contributed by atoms with E-state index in [1.165, 1.54) is 37.7 Å². The molecular formula is C22H31N5O. The predicted octanol–water partition coefficient (Wildman–Crippen LogP) is 3.33. The monoisotopic (exact) mass is 381 g/mol. The summed E-state index contributed by atoms with van der Waals surface area (Å²) in [5.74, 6) is 2.28. The van der Waals surface area contributed by atoms with Crippen LogP contribution in [0.15, 0.2) is 39.9 Å². The van der Waals surface area contributed by atoms with Crippen molar-refractivity contribution in [3.63, 3.8) is 0 Å². The first kappa shape index (κ1) is 19.0. The lowest BCUT2D eigenvalue weighted by Gasteiger charge is -2.47. The van der Waals surface area contributed by atoms with E-state index in [4.69, 9.17) is 4.42 Å². The maximum atomic E-state index is 5.91. The number of rotatable bonds is 4. The van der Waals surface area contributed by atoms with E-state index < -0.39 is 0 Å². The summed E-state index contributed by atoms with van der Waals surface area (Å²) in [4.78, 5) is 11.4. The Morgan fingerprint density at radius 3 is 2.61 bits per heavy atom. The molecule has 2 N–H and O–H groups in total. The third-order valence-electron chi connectivity index (χ3n) is 6.20. The van der Waals surface area contributed by atoms with E-state index in [1.54, 1.807) is 6.20 Å². The molecule has 1 aromatic carbocycles. The second kappa shape index (κ2) is 8.35. The number of aryl methyl sites for hydroxylation is 1. The first-order chi connectivity index (χ1) is 13.6. The molecule has 0 aliphatic carbocycles. The summed E-state index contributed by atoms with van der Waals surface area (Å²) in [7, 11) is 4.10. The van der Waals surface area contributed by atoms with Gasteiger partial charge in [-0.15, -0.1) is 0 Å². The fourth-order valence-corrected chi connectivity index (χ4v) is 4.52. The Bertz CT molecular complexity index is 799. The summed E-state index contributed by atoms with van der Waals surface area (Å²) in [5.41, 5.74) is 2.28. The molecule has 150 valence electrons. The van der Waals surface area contributed by atoms with Crippen LogP contribution in [0.25, 0.3) is 11.3 Å². The molecule has 28 heavy (non-hydrogen) atoms. The van der Waals surface area contributed by atoms with Gasteiger partial charge in [0.25, 0.3) is 0 Å². The molecule has 6 nitrogen and oxygen atoms in total. The molecule has 3 heterocycles. The van der Waals surface area contributed by atoms with Gasteiger partial charge in [-0.2, -0.15) is 0 Å². The van der Waals surface area contributed by atoms with Crippen molar-refractivity contribution >= 4 is 5.96 Å². The van der Waals surface area contributed by atoms with Gasteiger partial charge in [-0.1, -0.05) is 36.2 Å². The number of piperidine rings is 2. The molecule has 0 saturated carbocycles. The number of aliphatic imine (C=N–C) groups is 1. The van der Waals surface area contributed by atoms with E-state index in [2.05, 4.69) is 63.7 Å². The number of nitrogens with zero attached hydrogens (tertiary/aromatic N) is 3. The van der Waals surface area contributed by atoms with Gasteiger partial charge in [-0.3, -0.25) is 4.99 Å². The Morgan fingerprint density at radius 1 is 1.21 bits per heavy atom. The number of hydrogen-bond donors (Lipinski definition) is 2. The minimum atomic E-state index is 0.477. The Labute approximate surface area is 167 Å². The van der Waals surface area contributed by atoms with Crippen LogP contribution in [0.3, 0.4) is 0 Å². The van der Waals surface area contributed by atoms with Gasteiger partial charge in [0.05, 0.1) is 12.7 Å². The molecule has 2 aliphatic heterocycles. The van der Waals surface area contributed by atoms with Crippen molar-refractivity contribution in [2.24, 2.45) is 4.99 Å². The van der Waals surface area contributed by atoms with E-state index >= 15 is 0 Å². The second-order valence-corrected chi connectivity index (χ2v) is 8.13. The first-order valence-electron chi connectivity index (χ1n) is 10.3. The van der Waals surface area contributed by atoms with Crippen molar-refractivity contribution in [1.82, 2.24) is 20.5 Å². The molecule has 2 aliphatic rings. The van der Waals surface area contributed by atoms with Crippen LogP contribution in [0.5, 0.6) is 0 Å². The van der Waals surface area contributed by atoms with Gasteiger partial charge in [-0.25, -0.2) is 4.98 Å². The number of fused-ring (bicyclic) bond motifs is 2. The fourth-order valence-electron chi connectivity index (χ4n) is 4.52. The Hall–Kier alpha value is -2.34. The largest absolute Gasteiger partial charge is 0.439 e. The quantitative estimate of drug-likeness (QED) is 0.628. The number of hydrogen-bond acceptors (Lipinski definition) is 4. The average molecular weight is 382 g/mol. The van der Waals surface area contributed by atoms with Crippen LogP contribution in [0.1, 0.15) is 43.6 Å². The third-order valence-corrected chi connectivity index (χ3v) is 6.20. The lowest BCUT2D eigenvalue weighted by Crippen LogP contribution is -2.56. The van der Waals surface area contributed by atoms with Crippen molar-refractivity contribution in [1.29, 1.82) is 0 Å². The molecule has 6 heteroatoms. The van der Waals surface area contributed by atoms with Crippen molar-refractivity contribution in [3.05, 3.63) is 41.9 Å². The zero-order chi connectivity index (χ0) is 19.5. The standard InChI is InChI=1S/C22H31N5O/c1-15-7-9-16(10-8-15)20-13-24-21(28-20)14-25-22(23-2)26-17-11-18-5-4-6-19(12-17)27(18)3/h7-10,13,17-19H,4-6,11-12,14H2,1-3H3,(H2,23,25,26). The van der Waals surface area contributed by atoms with Gasteiger partial charge in [0, 0.05) is 30.7 Å². The lowest BCUT2D eigenvalue weighted by atomic mass is 9.82. The maximum Gasteiger partial charge on any atom is 0.214 e. The van der Waals surface area contributed by atoms with E-state index in [1.807, 2.05) is 7.05 Å². The van der Waals surface area contributed by atoms with Crippen LogP contribution in [-0.2, 0) is 6.54 Å². The number of oxazole rings is 1. The highest BCUT2D eigenvalue weighted by molar-refractivity contribution is 5.79. The molecule has 4 rings (SSSR count). The zero-order valence-corrected chi connectivity index (χ0v) is 17.1. The van der Waals surface area contributed by atoms with Crippen LogP contribution in [0, 0.1) is 6.92 Å². The first-order valence-corrected chi connectivity index (χ1v) is 10.3. The molecule has 0 spiro atoms. The van der Waals surface area contributed by atoms with Gasteiger partial charge < -0.3 is 20.0 Å². The minimum Gasteiger partial charge on any atom is -0.439 e. The normalized spacial score (nSPS) is 25.5. The van der Waals surface area contributed by atoms with Crippen molar-refractivity contribution < 1.29 is 4.42 Å². The SMILES string of the molecule is CN=C(NCc1ncc(-c2ccc(C)cc2)o1)NC1CC2CCCC(C1)N2C. The smallest absolute Gasteiger partial charge is 0.214 e. The minimum absolute atomic E-state index is 0.477. The molecule has 2 saturated heterocycles. The van der Waals surface area contributed by atoms with E-state index in [-0.39, 0.29) is 0 Å². The predicted molar refractivity (Wildman–Crippen MR) is 112 cm³/mol. The summed E-state index contributed by atoms with van der Waals surface area (Å²) in [6.07, 6.45) is 8.15. The molecule has 0 amide bonds. The Balaban J connectivity index is 1.32.